The predicted molar refractivity (Wildman–Crippen MR) is 274 cm³/mol. The summed E-state index contributed by atoms with van der Waals surface area (Å²) in [6, 6.07) is 36.0. The van der Waals surface area contributed by atoms with Crippen LogP contribution in [0, 0.1) is 22.2 Å². The van der Waals surface area contributed by atoms with E-state index < -0.39 is 60.4 Å². The fourth-order valence-electron chi connectivity index (χ4n) is 11.4. The zero-order chi connectivity index (χ0) is 51.6. The van der Waals surface area contributed by atoms with Crippen molar-refractivity contribution in [1.29, 1.82) is 0 Å². The van der Waals surface area contributed by atoms with Crippen LogP contribution < -0.4 is 5.73 Å². The molecule has 8 atom stereocenters. The number of halogens is 2. The van der Waals surface area contributed by atoms with E-state index in [0.717, 1.165) is 50.7 Å². The van der Waals surface area contributed by atoms with Gasteiger partial charge < -0.3 is 20.7 Å². The van der Waals surface area contributed by atoms with Gasteiger partial charge in [0, 0.05) is 46.5 Å². The molecule has 5 aliphatic rings. The largest absolute Gasteiger partial charge is 0.464 e. The number of hydrogen-bond acceptors (Lipinski definition) is 10. The van der Waals surface area contributed by atoms with Crippen LogP contribution in [0.5, 0.6) is 0 Å². The van der Waals surface area contributed by atoms with Crippen LogP contribution in [0.2, 0.25) is 0 Å². The lowest BCUT2D eigenvalue weighted by molar-refractivity contribution is -0.154. The molecule has 5 fully saturated rings. The van der Waals surface area contributed by atoms with Gasteiger partial charge in [-0.25, -0.2) is 13.2 Å². The number of carbonyl (C=O) groups excluding carboxylic acids is 3. The van der Waals surface area contributed by atoms with Gasteiger partial charge in [-0.15, -0.1) is 0 Å². The molecule has 378 valence electrons. The third-order valence-corrected chi connectivity index (χ3v) is 18.8. The van der Waals surface area contributed by atoms with Crippen LogP contribution in [0.3, 0.4) is 0 Å². The average molecular weight is 1020 g/mol. The Balaban J connectivity index is 0.000000159. The molecule has 4 N–H and O–H groups in total. The lowest BCUT2D eigenvalue weighted by atomic mass is 9.68. The first-order valence-electron chi connectivity index (χ1n) is 24.1. The van der Waals surface area contributed by atoms with E-state index in [1.54, 1.807) is 27.7 Å². The number of hydrogen-bond donors (Lipinski definition) is 3. The van der Waals surface area contributed by atoms with Crippen molar-refractivity contribution in [2.45, 2.75) is 140 Å². The molecule has 3 saturated heterocycles. The lowest BCUT2D eigenvalue weighted by Crippen LogP contribution is -2.52. The highest BCUT2D eigenvalue weighted by molar-refractivity contribution is 7.89. The van der Waals surface area contributed by atoms with Crippen LogP contribution in [0.25, 0.3) is 22.3 Å². The van der Waals surface area contributed by atoms with Gasteiger partial charge in [0.05, 0.1) is 18.4 Å². The van der Waals surface area contributed by atoms with Gasteiger partial charge >= 0.3 is 5.97 Å². The first kappa shape index (κ1) is 53.6. The minimum Gasteiger partial charge on any atom is -0.464 e. The van der Waals surface area contributed by atoms with E-state index in [-0.39, 0.29) is 59.9 Å². The Kier molecular flexibility index (Phi) is 14.6. The number of ether oxygens (including phenoxy) is 1. The van der Waals surface area contributed by atoms with E-state index in [4.69, 9.17) is 38.5 Å². The fraction of sp³-hybridized carbons (Fsp3) is 0.509. The first-order chi connectivity index (χ1) is 32.5. The maximum atomic E-state index is 12.9. The Morgan fingerprint density at radius 2 is 1.31 bits per heavy atom. The predicted octanol–water partition coefficient (Wildman–Crippen LogP) is 9.32. The fourth-order valence-corrected chi connectivity index (χ4v) is 15.2. The molecule has 2 spiro atoms. The summed E-state index contributed by atoms with van der Waals surface area (Å²) >= 11 is 13.0. The molecule has 2 amide bonds. The zero-order valence-electron chi connectivity index (χ0n) is 41.9. The van der Waals surface area contributed by atoms with Gasteiger partial charge in [0.1, 0.15) is 6.10 Å². The second-order valence-corrected chi connectivity index (χ2v) is 25.4. The number of nitrogens with zero attached hydrogens (tertiary/aromatic N) is 2. The van der Waals surface area contributed by atoms with Crippen molar-refractivity contribution >= 4 is 51.0 Å². The van der Waals surface area contributed by atoms with Crippen molar-refractivity contribution in [3.8, 4) is 22.3 Å². The number of benzene rings is 4. The summed E-state index contributed by atoms with van der Waals surface area (Å²) in [4.78, 5) is 43.9. The van der Waals surface area contributed by atoms with Gasteiger partial charge in [-0.2, -0.15) is 0 Å². The quantitative estimate of drug-likeness (QED) is 0.0788. The van der Waals surface area contributed by atoms with E-state index >= 15 is 0 Å². The number of hydroxylamine groups is 1. The number of fused-ring (bicyclic) bond motifs is 1. The monoisotopic (exact) mass is 1020 g/mol. The van der Waals surface area contributed by atoms with Crippen LogP contribution in [0.1, 0.15) is 106 Å². The van der Waals surface area contributed by atoms with Crippen LogP contribution in [0.4, 0.5) is 0 Å². The van der Waals surface area contributed by atoms with E-state index in [1.807, 2.05) is 64.1 Å². The first-order valence-corrected chi connectivity index (χ1v) is 26.5. The van der Waals surface area contributed by atoms with E-state index in [1.165, 1.54) is 4.90 Å². The number of esters is 1. The molecule has 70 heavy (non-hydrogen) atoms. The number of nitrogens with two attached hydrogens (primary N) is 1. The Morgan fingerprint density at radius 1 is 0.829 bits per heavy atom. The minimum atomic E-state index is -3.36. The molecule has 3 aliphatic heterocycles. The van der Waals surface area contributed by atoms with Gasteiger partial charge in [-0.05, 0) is 63.0 Å². The molecule has 4 aromatic carbocycles. The van der Waals surface area contributed by atoms with Crippen molar-refractivity contribution < 1.29 is 42.6 Å². The average Bonchev–Trinajstić information content (AvgIpc) is 3.87. The number of aliphatic hydroxyl groups is 2. The Hall–Kier alpha value is -4.18. The number of rotatable bonds is 10. The van der Waals surface area contributed by atoms with E-state index in [9.17, 15) is 33.0 Å². The number of alkyl halides is 2. The number of likely N-dealkylation sites (tertiary alicyclic amines) is 1. The third-order valence-electron chi connectivity index (χ3n) is 16.0. The molecule has 0 radical (unpaired) electrons. The van der Waals surface area contributed by atoms with E-state index in [2.05, 4.69) is 86.6 Å². The molecule has 0 aromatic heterocycles. The summed E-state index contributed by atoms with van der Waals surface area (Å²) in [5.41, 5.74) is 9.74. The molecule has 2 saturated carbocycles. The summed E-state index contributed by atoms with van der Waals surface area (Å²) < 4.78 is 28.9. The van der Waals surface area contributed by atoms with Crippen LogP contribution in [-0.2, 0) is 44.8 Å². The Bertz CT molecular complexity index is 2670. The Labute approximate surface area is 423 Å². The summed E-state index contributed by atoms with van der Waals surface area (Å²) in [6.45, 7) is 19.6. The van der Waals surface area contributed by atoms with Crippen molar-refractivity contribution in [2.75, 3.05) is 12.4 Å². The minimum absolute atomic E-state index is 0.0823. The summed E-state index contributed by atoms with van der Waals surface area (Å²) in [5, 5.41) is 20.2. The van der Waals surface area contributed by atoms with Gasteiger partial charge in [0.2, 0.25) is 21.7 Å². The molecule has 2 aliphatic carbocycles. The second kappa shape index (κ2) is 19.0. The van der Waals surface area contributed by atoms with Gasteiger partial charge in [-0.1, -0.05) is 195 Å². The number of amides is 2. The van der Waals surface area contributed by atoms with Gasteiger partial charge in [0.25, 0.3) is 5.91 Å². The molecular formula is C55H69Cl2N3O9S. The van der Waals surface area contributed by atoms with Crippen LogP contribution in [-0.4, -0.2) is 92.5 Å². The Morgan fingerprint density at radius 3 is 1.77 bits per heavy atom. The molecule has 9 rings (SSSR count). The topological polar surface area (TPSA) is 180 Å². The molecule has 15 heteroatoms. The highest BCUT2D eigenvalue weighted by atomic mass is 35.5. The van der Waals surface area contributed by atoms with Crippen molar-refractivity contribution in [1.82, 2.24) is 9.37 Å². The maximum Gasteiger partial charge on any atom is 0.335 e. The number of sulfonamides is 1. The maximum absolute atomic E-state index is 12.9. The van der Waals surface area contributed by atoms with Crippen LogP contribution >= 0.6 is 23.2 Å². The second-order valence-electron chi connectivity index (χ2n) is 22.2. The van der Waals surface area contributed by atoms with Gasteiger partial charge in [-0.3, -0.25) is 19.3 Å². The van der Waals surface area contributed by atoms with Crippen molar-refractivity contribution in [3.63, 3.8) is 0 Å². The third kappa shape index (κ3) is 9.05. The molecule has 2 bridgehead atoms. The van der Waals surface area contributed by atoms with Gasteiger partial charge in [0.15, 0.2) is 10.4 Å². The number of imide groups is 1. The normalized spacial score (nSPS) is 27.5. The zero-order valence-corrected chi connectivity index (χ0v) is 44.2. The molecule has 4 aromatic rings. The van der Waals surface area contributed by atoms with Crippen molar-refractivity contribution in [3.05, 3.63) is 120 Å². The number of aliphatic hydroxyl groups excluding tert-OH is 2. The summed E-state index contributed by atoms with van der Waals surface area (Å²) in [7, 11) is -3.36. The summed E-state index contributed by atoms with van der Waals surface area (Å²) in [6.07, 6.45) is -0.215. The SMILES string of the molecule is CC(C)(C)C(=O)N1C(=O)[C@H](O)C[C@H]1C(C)(C)c1ccc(-c2ccccc2)cc1.CC1(C)[C@@H]2CC[C@]13CS(=O)(=O)N1O[C@]13C2(Cl)Cl.CCOC(=O)[C@H](O)C[C@H](N)C(C)(C)c1ccc(-c2ccccc2)cc1. The highest BCUT2D eigenvalue weighted by Gasteiger charge is 2.97. The highest BCUT2D eigenvalue weighted by Crippen LogP contribution is 2.85. The molecule has 12 nitrogen and oxygen atoms in total. The lowest BCUT2D eigenvalue weighted by Gasteiger charge is -2.39. The molecule has 3 heterocycles. The molecule has 1 unspecified atom stereocenters. The smallest absolute Gasteiger partial charge is 0.335 e. The molecular weight excluding hydrogens is 950 g/mol. The van der Waals surface area contributed by atoms with Crippen molar-refractivity contribution in [2.24, 2.45) is 27.9 Å². The number of carbonyl (C=O) groups is 3. The standard InChI is InChI=1S/C24H29NO3.C21H27NO3.C10H13Cl2NO3S/c1-23(2,3)22(28)25-20(15-19(26)21(25)27)24(4,5)18-13-11-17(12-14-18)16-9-7-6-8-10-16;1-4-25-20(24)18(23)14-19(22)21(2,3)17-12-10-16(11-13-17)15-8-6-5-7-9-15;1-7(2)6-3-4-8(7)5-17(14,15)13-10(8,16-13)9(6,11)12/h6-14,19-20,26H,15H2,1-5H3;5-13,18-19,23H,4,14,22H2,1-3H3;6H,3-5H2,1-2H3/t19-,20+;18-,19+;6-,8-,10+,13?/m110/s1. The summed E-state index contributed by atoms with van der Waals surface area (Å²) in [5.74, 6) is -1.15. The van der Waals surface area contributed by atoms with Crippen LogP contribution in [0.15, 0.2) is 109 Å². The van der Waals surface area contributed by atoms with E-state index in [0.29, 0.717) is 0 Å².